The Morgan fingerprint density at radius 1 is 0.765 bits per heavy atom. The Kier molecular flexibility index (Phi) is 16.5. The van der Waals surface area contributed by atoms with Crippen molar-refractivity contribution in [1.29, 1.82) is 0 Å². The molecule has 51 heavy (non-hydrogen) atoms. The van der Waals surface area contributed by atoms with Gasteiger partial charge in [-0.05, 0) is 89.1 Å². The van der Waals surface area contributed by atoms with E-state index in [1.165, 1.54) is 0 Å². The highest BCUT2D eigenvalue weighted by Gasteiger charge is 2.50. The van der Waals surface area contributed by atoms with Crippen molar-refractivity contribution in [2.24, 2.45) is 17.8 Å². The first-order valence-electron chi connectivity index (χ1n) is 18.5. The molecule has 0 saturated carbocycles. The molecule has 0 aliphatic carbocycles. The maximum absolute atomic E-state index is 14.1. The second-order valence-corrected chi connectivity index (χ2v) is 15.4. The molecule has 1 aliphatic heterocycles. The SMILES string of the molecule is CC(C)C[C@H](CC(=O)[C@H](Cc1ccccc1)NC(=O)[C@H](CC(C)C)NC(=O)[C@H](CCc1ccccc1)NC(=O)CCCN(C)C)C(=O)[C@@]1(C)CO1. The normalized spacial score (nSPS) is 17.8. The Morgan fingerprint density at radius 2 is 1.31 bits per heavy atom. The molecule has 2 aromatic rings. The molecule has 3 N–H and O–H groups in total. The van der Waals surface area contributed by atoms with E-state index in [1.54, 1.807) is 6.92 Å². The van der Waals surface area contributed by atoms with Gasteiger partial charge in [0.15, 0.2) is 11.6 Å². The van der Waals surface area contributed by atoms with Crippen LogP contribution in [0.4, 0.5) is 0 Å². The molecule has 280 valence electrons. The number of hydrogen-bond donors (Lipinski definition) is 3. The molecule has 0 unspecified atom stereocenters. The Morgan fingerprint density at radius 3 is 1.86 bits per heavy atom. The van der Waals surface area contributed by atoms with Crippen LogP contribution in [0.2, 0.25) is 0 Å². The summed E-state index contributed by atoms with van der Waals surface area (Å²) in [7, 11) is 3.89. The minimum Gasteiger partial charge on any atom is -0.362 e. The Labute approximate surface area is 304 Å². The highest BCUT2D eigenvalue weighted by atomic mass is 16.6. The Bertz CT molecular complexity index is 1420. The number of ether oxygens (including phenoxy) is 1. The predicted octanol–water partition coefficient (Wildman–Crippen LogP) is 4.68. The van der Waals surface area contributed by atoms with Gasteiger partial charge in [0, 0.05) is 18.8 Å². The summed E-state index contributed by atoms with van der Waals surface area (Å²) in [6, 6.07) is 16.5. The summed E-state index contributed by atoms with van der Waals surface area (Å²) < 4.78 is 5.44. The molecule has 0 spiro atoms. The number of carbonyl (C=O) groups excluding carboxylic acids is 5. The first kappa shape index (κ1) is 41.5. The number of rotatable bonds is 23. The topological polar surface area (TPSA) is 137 Å². The number of nitrogens with one attached hydrogen (secondary N) is 3. The lowest BCUT2D eigenvalue weighted by molar-refractivity contribution is -0.135. The molecule has 0 aromatic heterocycles. The van der Waals surface area contributed by atoms with Crippen LogP contribution in [0.15, 0.2) is 60.7 Å². The van der Waals surface area contributed by atoms with Crippen molar-refractivity contribution in [3.05, 3.63) is 71.8 Å². The number of ketones is 2. The van der Waals surface area contributed by atoms with Crippen LogP contribution in [0.25, 0.3) is 0 Å². The lowest BCUT2D eigenvalue weighted by Gasteiger charge is -2.27. The van der Waals surface area contributed by atoms with Crippen LogP contribution in [0.1, 0.15) is 84.3 Å². The van der Waals surface area contributed by atoms with Crippen LogP contribution < -0.4 is 16.0 Å². The summed E-state index contributed by atoms with van der Waals surface area (Å²) in [5.74, 6) is -1.77. The maximum Gasteiger partial charge on any atom is 0.243 e. The van der Waals surface area contributed by atoms with Crippen molar-refractivity contribution in [2.45, 2.75) is 110 Å². The second-order valence-electron chi connectivity index (χ2n) is 15.4. The van der Waals surface area contributed by atoms with Crippen LogP contribution in [0, 0.1) is 17.8 Å². The van der Waals surface area contributed by atoms with Gasteiger partial charge in [0.05, 0.1) is 12.6 Å². The van der Waals surface area contributed by atoms with Gasteiger partial charge in [-0.25, -0.2) is 0 Å². The molecule has 5 atom stereocenters. The van der Waals surface area contributed by atoms with Gasteiger partial charge in [0.2, 0.25) is 17.7 Å². The molecule has 10 nitrogen and oxygen atoms in total. The fourth-order valence-corrected chi connectivity index (χ4v) is 6.31. The van der Waals surface area contributed by atoms with E-state index < -0.39 is 41.5 Å². The van der Waals surface area contributed by atoms with Crippen LogP contribution in [-0.2, 0) is 41.6 Å². The lowest BCUT2D eigenvalue weighted by atomic mass is 9.82. The molecule has 1 heterocycles. The third kappa shape index (κ3) is 14.7. The third-order valence-electron chi connectivity index (χ3n) is 9.23. The van der Waals surface area contributed by atoms with Gasteiger partial charge < -0.3 is 25.6 Å². The molecule has 10 heteroatoms. The van der Waals surface area contributed by atoms with Gasteiger partial charge in [-0.15, -0.1) is 0 Å². The summed E-state index contributed by atoms with van der Waals surface area (Å²) in [5, 5.41) is 8.81. The van der Waals surface area contributed by atoms with Gasteiger partial charge >= 0.3 is 0 Å². The molecule has 1 aliphatic rings. The van der Waals surface area contributed by atoms with Crippen LogP contribution in [0.3, 0.4) is 0 Å². The molecule has 1 fully saturated rings. The molecular weight excluding hydrogens is 644 g/mol. The van der Waals surface area contributed by atoms with Gasteiger partial charge in [-0.2, -0.15) is 0 Å². The molecule has 3 amide bonds. The zero-order valence-electron chi connectivity index (χ0n) is 31.7. The van der Waals surface area contributed by atoms with E-state index in [1.807, 2.05) is 107 Å². The van der Waals surface area contributed by atoms with E-state index in [4.69, 9.17) is 4.74 Å². The number of amides is 3. The van der Waals surface area contributed by atoms with Crippen molar-refractivity contribution in [3.63, 3.8) is 0 Å². The number of Topliss-reactive ketones (excluding diaryl/α,β-unsaturated/α-hetero) is 2. The molecule has 1 saturated heterocycles. The third-order valence-corrected chi connectivity index (χ3v) is 9.23. The van der Waals surface area contributed by atoms with E-state index in [0.717, 1.165) is 17.7 Å². The summed E-state index contributed by atoms with van der Waals surface area (Å²) in [6.45, 7) is 10.8. The van der Waals surface area contributed by atoms with Crippen LogP contribution in [0.5, 0.6) is 0 Å². The van der Waals surface area contributed by atoms with Crippen molar-refractivity contribution >= 4 is 29.3 Å². The quantitative estimate of drug-likeness (QED) is 0.143. The molecule has 2 aromatic carbocycles. The number of hydrogen-bond acceptors (Lipinski definition) is 7. The smallest absolute Gasteiger partial charge is 0.243 e. The van der Waals surface area contributed by atoms with Crippen molar-refractivity contribution in [1.82, 2.24) is 20.9 Å². The molecule has 0 radical (unpaired) electrons. The lowest BCUT2D eigenvalue weighted by Crippen LogP contribution is -2.56. The zero-order valence-corrected chi connectivity index (χ0v) is 31.7. The molecule has 0 bridgehead atoms. The minimum atomic E-state index is -0.944. The predicted molar refractivity (Wildman–Crippen MR) is 200 cm³/mol. The van der Waals surface area contributed by atoms with Crippen LogP contribution in [-0.4, -0.2) is 85.2 Å². The standard InChI is InChI=1S/C41H60N4O6/c1-28(2)23-32(38(48)41(5)27-51-41)26-36(46)34(25-31-17-12-9-13-18-31)43-40(50)35(24-29(3)4)44-39(49)33(21-20-30-15-10-8-11-16-30)42-37(47)19-14-22-45(6)7/h8-13,15-18,28-29,32-35H,14,19-27H2,1-7H3,(H,42,47)(H,43,50)(H,44,49)/t32-,33+,34+,35+,41-/m1/s1. The average molecular weight is 705 g/mol. The average Bonchev–Trinajstić information content (AvgIpc) is 3.83. The molecule has 3 rings (SSSR count). The highest BCUT2D eigenvalue weighted by molar-refractivity contribution is 5.98. The van der Waals surface area contributed by atoms with Crippen LogP contribution >= 0.6 is 0 Å². The van der Waals surface area contributed by atoms with Crippen molar-refractivity contribution in [2.75, 3.05) is 27.2 Å². The second kappa shape index (κ2) is 20.2. The van der Waals surface area contributed by atoms with Gasteiger partial charge in [0.25, 0.3) is 0 Å². The first-order valence-corrected chi connectivity index (χ1v) is 18.5. The Hall–Kier alpha value is -3.89. The summed E-state index contributed by atoms with van der Waals surface area (Å²) in [5.41, 5.74) is 1.04. The first-order chi connectivity index (χ1) is 24.2. The van der Waals surface area contributed by atoms with E-state index in [9.17, 15) is 24.0 Å². The zero-order chi connectivity index (χ0) is 37.6. The van der Waals surface area contributed by atoms with Gasteiger partial charge in [-0.3, -0.25) is 24.0 Å². The van der Waals surface area contributed by atoms with E-state index in [2.05, 4.69) is 16.0 Å². The summed E-state index contributed by atoms with van der Waals surface area (Å²) >= 11 is 0. The maximum atomic E-state index is 14.1. The fourth-order valence-electron chi connectivity index (χ4n) is 6.31. The number of carbonyl (C=O) groups is 5. The van der Waals surface area contributed by atoms with E-state index in [-0.39, 0.29) is 48.6 Å². The van der Waals surface area contributed by atoms with E-state index in [0.29, 0.717) is 38.7 Å². The summed E-state index contributed by atoms with van der Waals surface area (Å²) in [4.78, 5) is 70.3. The highest BCUT2D eigenvalue weighted by Crippen LogP contribution is 2.34. The van der Waals surface area contributed by atoms with Crippen molar-refractivity contribution in [3.8, 4) is 0 Å². The van der Waals surface area contributed by atoms with E-state index >= 15 is 0 Å². The molecular formula is C41H60N4O6. The fraction of sp³-hybridized carbons (Fsp3) is 0.585. The Balaban J connectivity index is 1.81. The number of benzene rings is 2. The van der Waals surface area contributed by atoms with Gasteiger partial charge in [0.1, 0.15) is 17.7 Å². The van der Waals surface area contributed by atoms with Gasteiger partial charge in [-0.1, -0.05) is 88.4 Å². The summed E-state index contributed by atoms with van der Waals surface area (Å²) in [6.07, 6.45) is 2.93. The van der Waals surface area contributed by atoms with Crippen molar-refractivity contribution < 1.29 is 28.7 Å². The number of aryl methyl sites for hydroxylation is 1. The largest absolute Gasteiger partial charge is 0.362 e. The minimum absolute atomic E-state index is 0.0175. The monoisotopic (exact) mass is 704 g/mol. The number of nitrogens with zero attached hydrogens (tertiary/aromatic N) is 1. The number of epoxide rings is 1.